The van der Waals surface area contributed by atoms with Gasteiger partial charge in [-0.15, -0.1) is 0 Å². The van der Waals surface area contributed by atoms with Gasteiger partial charge in [0.1, 0.15) is 10.7 Å². The maximum atomic E-state index is 12.6. The van der Waals surface area contributed by atoms with Gasteiger partial charge in [-0.2, -0.15) is 0 Å². The van der Waals surface area contributed by atoms with Gasteiger partial charge in [0.15, 0.2) is 0 Å². The second-order valence-corrected chi connectivity index (χ2v) is 9.34. The predicted octanol–water partition coefficient (Wildman–Crippen LogP) is 2.54. The molecule has 160 valence electrons. The standard InChI is InChI=1S/C21H25ClN4O3S/c22-17-5-1-4-8-20(17)30(27,28)23-10-9-21-24-18-6-2-3-7-19(18)26(21)12-11-25-13-15-29-16-14-25/h1-8,23H,9-16H2. The van der Waals surface area contributed by atoms with Crippen LogP contribution in [0.3, 0.4) is 0 Å². The van der Waals surface area contributed by atoms with E-state index < -0.39 is 10.0 Å². The van der Waals surface area contributed by atoms with Gasteiger partial charge in [-0.05, 0) is 24.3 Å². The highest BCUT2D eigenvalue weighted by Gasteiger charge is 2.18. The van der Waals surface area contributed by atoms with Crippen LogP contribution in [0.4, 0.5) is 0 Å². The third-order valence-electron chi connectivity index (χ3n) is 5.24. The van der Waals surface area contributed by atoms with Gasteiger partial charge in [0, 0.05) is 39.1 Å². The Kier molecular flexibility index (Phi) is 6.70. The van der Waals surface area contributed by atoms with Crippen molar-refractivity contribution < 1.29 is 13.2 Å². The Morgan fingerprint density at radius 2 is 1.77 bits per heavy atom. The average molecular weight is 449 g/mol. The number of morpholine rings is 1. The molecule has 1 aliphatic heterocycles. The second-order valence-electron chi connectivity index (χ2n) is 7.20. The summed E-state index contributed by atoms with van der Waals surface area (Å²) >= 11 is 6.05. The van der Waals surface area contributed by atoms with E-state index in [2.05, 4.69) is 20.3 Å². The van der Waals surface area contributed by atoms with Crippen molar-refractivity contribution in [3.05, 3.63) is 59.4 Å². The Labute approximate surface area is 181 Å². The topological polar surface area (TPSA) is 76.5 Å². The Morgan fingerprint density at radius 1 is 1.03 bits per heavy atom. The van der Waals surface area contributed by atoms with Gasteiger partial charge >= 0.3 is 0 Å². The first kappa shape index (κ1) is 21.3. The van der Waals surface area contributed by atoms with E-state index in [4.69, 9.17) is 21.3 Å². The van der Waals surface area contributed by atoms with Crippen molar-refractivity contribution in [2.45, 2.75) is 17.9 Å². The maximum Gasteiger partial charge on any atom is 0.242 e. The molecule has 1 fully saturated rings. The summed E-state index contributed by atoms with van der Waals surface area (Å²) in [6.07, 6.45) is 0.488. The van der Waals surface area contributed by atoms with Crippen LogP contribution in [0.15, 0.2) is 53.4 Å². The van der Waals surface area contributed by atoms with Crippen molar-refractivity contribution in [3.8, 4) is 0 Å². The summed E-state index contributed by atoms with van der Waals surface area (Å²) < 4.78 is 35.4. The predicted molar refractivity (Wildman–Crippen MR) is 117 cm³/mol. The van der Waals surface area contributed by atoms with Crippen LogP contribution in [0.5, 0.6) is 0 Å². The van der Waals surface area contributed by atoms with Crippen molar-refractivity contribution in [3.63, 3.8) is 0 Å². The molecule has 1 saturated heterocycles. The van der Waals surface area contributed by atoms with Crippen LogP contribution >= 0.6 is 11.6 Å². The van der Waals surface area contributed by atoms with E-state index >= 15 is 0 Å². The van der Waals surface area contributed by atoms with Crippen molar-refractivity contribution in [2.75, 3.05) is 39.4 Å². The molecule has 4 rings (SSSR count). The molecular formula is C21H25ClN4O3S. The maximum absolute atomic E-state index is 12.6. The number of imidazole rings is 1. The van der Waals surface area contributed by atoms with Crippen LogP contribution in [0.25, 0.3) is 11.0 Å². The Bertz CT molecular complexity index is 1110. The molecule has 0 saturated carbocycles. The van der Waals surface area contributed by atoms with E-state index in [0.29, 0.717) is 6.42 Å². The molecule has 0 aliphatic carbocycles. The van der Waals surface area contributed by atoms with Crippen LogP contribution in [-0.4, -0.2) is 62.3 Å². The van der Waals surface area contributed by atoms with Crippen molar-refractivity contribution in [2.24, 2.45) is 0 Å². The molecule has 30 heavy (non-hydrogen) atoms. The molecule has 0 amide bonds. The summed E-state index contributed by atoms with van der Waals surface area (Å²) in [5, 5.41) is 0.211. The minimum Gasteiger partial charge on any atom is -0.379 e. The van der Waals surface area contributed by atoms with Crippen molar-refractivity contribution >= 4 is 32.7 Å². The Balaban J connectivity index is 1.47. The minimum atomic E-state index is -3.67. The number of hydrogen-bond acceptors (Lipinski definition) is 5. The summed E-state index contributed by atoms with van der Waals surface area (Å²) in [5.74, 6) is 0.867. The Hall–Kier alpha value is -1.97. The summed E-state index contributed by atoms with van der Waals surface area (Å²) in [6.45, 7) is 5.34. The smallest absolute Gasteiger partial charge is 0.242 e. The van der Waals surface area contributed by atoms with E-state index in [0.717, 1.165) is 56.3 Å². The SMILES string of the molecule is O=S(=O)(NCCc1nc2ccccc2n1CCN1CCOCC1)c1ccccc1Cl. The van der Waals surface area contributed by atoms with Gasteiger partial charge in [-0.1, -0.05) is 35.9 Å². The number of rotatable bonds is 8. The number of nitrogens with one attached hydrogen (secondary N) is 1. The highest BCUT2D eigenvalue weighted by molar-refractivity contribution is 7.89. The molecule has 3 aromatic rings. The van der Waals surface area contributed by atoms with E-state index in [9.17, 15) is 8.42 Å². The molecule has 0 radical (unpaired) electrons. The second kappa shape index (κ2) is 9.45. The van der Waals surface area contributed by atoms with Crippen LogP contribution in [0, 0.1) is 0 Å². The molecule has 9 heteroatoms. The molecule has 0 bridgehead atoms. The molecule has 2 heterocycles. The van der Waals surface area contributed by atoms with Gasteiger partial charge in [0.05, 0.1) is 29.3 Å². The summed E-state index contributed by atoms with van der Waals surface area (Å²) in [4.78, 5) is 7.21. The number of hydrogen-bond donors (Lipinski definition) is 1. The Morgan fingerprint density at radius 3 is 2.57 bits per heavy atom. The van der Waals surface area contributed by atoms with Gasteiger partial charge < -0.3 is 9.30 Å². The molecule has 2 aromatic carbocycles. The van der Waals surface area contributed by atoms with Gasteiger partial charge in [-0.3, -0.25) is 4.90 Å². The highest BCUT2D eigenvalue weighted by atomic mass is 35.5. The number of sulfonamides is 1. The van der Waals surface area contributed by atoms with Crippen LogP contribution in [-0.2, 0) is 27.7 Å². The third-order valence-corrected chi connectivity index (χ3v) is 7.20. The number of para-hydroxylation sites is 2. The number of nitrogens with zero attached hydrogens (tertiary/aromatic N) is 3. The zero-order valence-corrected chi connectivity index (χ0v) is 18.2. The normalized spacial score (nSPS) is 15.6. The highest BCUT2D eigenvalue weighted by Crippen LogP contribution is 2.20. The summed E-state index contributed by atoms with van der Waals surface area (Å²) in [5.41, 5.74) is 1.98. The van der Waals surface area contributed by atoms with Crippen molar-refractivity contribution in [1.29, 1.82) is 0 Å². The number of fused-ring (bicyclic) bond motifs is 1. The first-order valence-corrected chi connectivity index (χ1v) is 11.9. The van der Waals surface area contributed by atoms with Crippen LogP contribution in [0.1, 0.15) is 5.82 Å². The quantitative estimate of drug-likeness (QED) is 0.573. The number of halogens is 1. The first-order valence-electron chi connectivity index (χ1n) is 10.0. The lowest BCUT2D eigenvalue weighted by atomic mass is 10.3. The van der Waals surface area contributed by atoms with Gasteiger partial charge in [0.25, 0.3) is 0 Å². The van der Waals surface area contributed by atoms with E-state index in [1.165, 1.54) is 6.07 Å². The fourth-order valence-electron chi connectivity index (χ4n) is 3.67. The number of benzene rings is 2. The van der Waals surface area contributed by atoms with Crippen molar-refractivity contribution in [1.82, 2.24) is 19.2 Å². The number of ether oxygens (including phenoxy) is 1. The first-order chi connectivity index (χ1) is 14.5. The monoisotopic (exact) mass is 448 g/mol. The summed E-state index contributed by atoms with van der Waals surface area (Å²) in [7, 11) is -3.67. The third kappa shape index (κ3) is 4.84. The molecule has 0 atom stereocenters. The zero-order chi connectivity index (χ0) is 21.0. The molecule has 0 unspecified atom stereocenters. The van der Waals surface area contributed by atoms with E-state index in [-0.39, 0.29) is 16.5 Å². The molecular weight excluding hydrogens is 424 g/mol. The minimum absolute atomic E-state index is 0.0903. The lowest BCUT2D eigenvalue weighted by Gasteiger charge is -2.27. The molecule has 1 N–H and O–H groups in total. The zero-order valence-electron chi connectivity index (χ0n) is 16.6. The van der Waals surface area contributed by atoms with Crippen LogP contribution < -0.4 is 4.72 Å². The van der Waals surface area contributed by atoms with E-state index in [1.54, 1.807) is 18.2 Å². The lowest BCUT2D eigenvalue weighted by Crippen LogP contribution is -2.38. The molecule has 1 aliphatic rings. The fraction of sp³-hybridized carbons (Fsp3) is 0.381. The largest absolute Gasteiger partial charge is 0.379 e. The molecule has 7 nitrogen and oxygen atoms in total. The molecule has 0 spiro atoms. The van der Waals surface area contributed by atoms with E-state index in [1.807, 2.05) is 18.2 Å². The van der Waals surface area contributed by atoms with Gasteiger partial charge in [0.2, 0.25) is 10.0 Å². The average Bonchev–Trinajstić information content (AvgIpc) is 3.10. The lowest BCUT2D eigenvalue weighted by molar-refractivity contribution is 0.0364. The van der Waals surface area contributed by atoms with Crippen LogP contribution in [0.2, 0.25) is 5.02 Å². The number of aromatic nitrogens is 2. The fourth-order valence-corrected chi connectivity index (χ4v) is 5.22. The summed E-state index contributed by atoms with van der Waals surface area (Å²) in [6, 6.07) is 14.4. The van der Waals surface area contributed by atoms with Gasteiger partial charge in [-0.25, -0.2) is 18.1 Å². The molecule has 1 aromatic heterocycles.